The summed E-state index contributed by atoms with van der Waals surface area (Å²) in [5.41, 5.74) is -0.630. The van der Waals surface area contributed by atoms with Crippen molar-refractivity contribution in [3.63, 3.8) is 0 Å². The Balaban J connectivity index is 2.16. The average Bonchev–Trinajstić information content (AvgIpc) is 3.02. The molecule has 0 atom stereocenters. The van der Waals surface area contributed by atoms with Gasteiger partial charge in [-0.1, -0.05) is 30.3 Å². The van der Waals surface area contributed by atoms with E-state index in [4.69, 9.17) is 0 Å². The van der Waals surface area contributed by atoms with Crippen LogP contribution in [0.1, 0.15) is 0 Å². The van der Waals surface area contributed by atoms with E-state index in [1.165, 1.54) is 5.38 Å². The van der Waals surface area contributed by atoms with Crippen molar-refractivity contribution in [2.75, 3.05) is 0 Å². The van der Waals surface area contributed by atoms with Crippen LogP contribution in [0, 0.1) is 29.1 Å². The van der Waals surface area contributed by atoms with Crippen molar-refractivity contribution in [1.29, 1.82) is 0 Å². The Morgan fingerprint density at radius 2 is 1.27 bits per heavy atom. The van der Waals surface area contributed by atoms with Crippen LogP contribution in [0.3, 0.4) is 0 Å². The van der Waals surface area contributed by atoms with Crippen molar-refractivity contribution in [3.05, 3.63) is 64.8 Å². The maximum absolute atomic E-state index is 13.7. The summed E-state index contributed by atoms with van der Waals surface area (Å²) in [5.74, 6) is -9.92. The first kappa shape index (κ1) is 14.6. The minimum atomic E-state index is -2.18. The van der Waals surface area contributed by atoms with Crippen LogP contribution in [0.25, 0.3) is 21.8 Å². The summed E-state index contributed by atoms with van der Waals surface area (Å²) in [7, 11) is 0. The van der Waals surface area contributed by atoms with Crippen molar-refractivity contribution in [3.8, 4) is 21.8 Å². The highest BCUT2D eigenvalue weighted by molar-refractivity contribution is 7.13. The van der Waals surface area contributed by atoms with E-state index in [0.29, 0.717) is 10.6 Å². The van der Waals surface area contributed by atoms with Crippen LogP contribution < -0.4 is 0 Å². The Morgan fingerprint density at radius 1 is 0.727 bits per heavy atom. The largest absolute Gasteiger partial charge is 0.236 e. The summed E-state index contributed by atoms with van der Waals surface area (Å²) >= 11 is 1.05. The van der Waals surface area contributed by atoms with Crippen LogP contribution >= 0.6 is 11.3 Å². The fraction of sp³-hybridized carbons (Fsp3) is 0. The van der Waals surface area contributed by atoms with Crippen LogP contribution in [0.5, 0.6) is 0 Å². The summed E-state index contributed by atoms with van der Waals surface area (Å²) in [5, 5.41) is 1.67. The van der Waals surface area contributed by atoms with Gasteiger partial charge >= 0.3 is 0 Å². The Labute approximate surface area is 125 Å². The van der Waals surface area contributed by atoms with E-state index in [-0.39, 0.29) is 5.69 Å². The van der Waals surface area contributed by atoms with E-state index >= 15 is 0 Å². The summed E-state index contributed by atoms with van der Waals surface area (Å²) in [6, 6.07) is 8.72. The fourth-order valence-corrected chi connectivity index (χ4v) is 2.75. The van der Waals surface area contributed by atoms with Crippen LogP contribution in [-0.4, -0.2) is 4.98 Å². The van der Waals surface area contributed by atoms with Crippen molar-refractivity contribution in [2.45, 2.75) is 0 Å². The Bertz CT molecular complexity index is 816. The Hall–Kier alpha value is -2.28. The molecule has 0 amide bonds. The second kappa shape index (κ2) is 5.49. The van der Waals surface area contributed by atoms with Gasteiger partial charge < -0.3 is 0 Å². The van der Waals surface area contributed by atoms with Gasteiger partial charge in [-0.25, -0.2) is 26.9 Å². The van der Waals surface area contributed by atoms with Crippen molar-refractivity contribution < 1.29 is 22.0 Å². The second-order valence-electron chi connectivity index (χ2n) is 4.35. The van der Waals surface area contributed by atoms with E-state index in [1.807, 2.05) is 0 Å². The summed E-state index contributed by atoms with van der Waals surface area (Å²) in [6.07, 6.45) is 0. The number of nitrogens with zero attached hydrogens (tertiary/aromatic N) is 1. The predicted octanol–water partition coefficient (Wildman–Crippen LogP) is 5.17. The van der Waals surface area contributed by atoms with Crippen molar-refractivity contribution in [2.24, 2.45) is 0 Å². The molecule has 0 unspecified atom stereocenters. The van der Waals surface area contributed by atoms with Gasteiger partial charge in [0.1, 0.15) is 5.01 Å². The number of hydrogen-bond donors (Lipinski definition) is 0. The molecule has 112 valence electrons. The van der Waals surface area contributed by atoms with Gasteiger partial charge in [0, 0.05) is 10.9 Å². The van der Waals surface area contributed by atoms with Crippen LogP contribution in [-0.2, 0) is 0 Å². The third-order valence-corrected chi connectivity index (χ3v) is 3.88. The van der Waals surface area contributed by atoms with Gasteiger partial charge in [-0.2, -0.15) is 0 Å². The molecule has 0 saturated carbocycles. The molecule has 0 bridgehead atoms. The van der Waals surface area contributed by atoms with Crippen molar-refractivity contribution >= 4 is 11.3 Å². The van der Waals surface area contributed by atoms with Gasteiger partial charge in [-0.05, 0) is 0 Å². The molecule has 3 aromatic rings. The minimum absolute atomic E-state index is 0.295. The zero-order valence-corrected chi connectivity index (χ0v) is 11.5. The lowest BCUT2D eigenvalue weighted by Crippen LogP contribution is -2.04. The molecule has 2 aromatic carbocycles. The lowest BCUT2D eigenvalue weighted by molar-refractivity contribution is 0.381. The average molecular weight is 327 g/mol. The Morgan fingerprint density at radius 3 is 1.86 bits per heavy atom. The number of halogens is 5. The summed E-state index contributed by atoms with van der Waals surface area (Å²) in [4.78, 5) is 3.97. The standard InChI is InChI=1S/C15H6F5NS/c16-10-9(11(17)13(19)14(20)12(10)18)8-6-22-15(21-8)7-4-2-1-3-5-7/h1-6H. The normalized spacial score (nSPS) is 11.0. The molecule has 0 N–H and O–H groups in total. The fourth-order valence-electron chi connectivity index (χ4n) is 1.93. The van der Waals surface area contributed by atoms with Crippen LogP contribution in [0.4, 0.5) is 22.0 Å². The SMILES string of the molecule is Fc1c(F)c(F)c(-c2csc(-c3ccccc3)n2)c(F)c1F. The maximum Gasteiger partial charge on any atom is 0.200 e. The summed E-state index contributed by atoms with van der Waals surface area (Å²) < 4.78 is 67.0. The monoisotopic (exact) mass is 327 g/mol. The number of benzene rings is 2. The lowest BCUT2D eigenvalue weighted by atomic mass is 10.1. The van der Waals surface area contributed by atoms with Crippen LogP contribution in [0.15, 0.2) is 35.7 Å². The van der Waals surface area contributed by atoms with Gasteiger partial charge in [0.05, 0.1) is 11.3 Å². The third kappa shape index (κ3) is 2.27. The second-order valence-corrected chi connectivity index (χ2v) is 5.21. The maximum atomic E-state index is 13.7. The quantitative estimate of drug-likeness (QED) is 0.359. The first-order valence-corrected chi connectivity index (χ1v) is 6.91. The zero-order valence-electron chi connectivity index (χ0n) is 10.7. The predicted molar refractivity (Wildman–Crippen MR) is 72.8 cm³/mol. The minimum Gasteiger partial charge on any atom is -0.236 e. The molecule has 22 heavy (non-hydrogen) atoms. The molecule has 1 nitrogen and oxygen atoms in total. The number of rotatable bonds is 2. The highest BCUT2D eigenvalue weighted by Crippen LogP contribution is 2.34. The highest BCUT2D eigenvalue weighted by atomic mass is 32.1. The Kier molecular flexibility index (Phi) is 3.66. The summed E-state index contributed by atoms with van der Waals surface area (Å²) in [6.45, 7) is 0. The molecule has 0 saturated heterocycles. The molecule has 7 heteroatoms. The molecular formula is C15H6F5NS. The van der Waals surface area contributed by atoms with E-state index < -0.39 is 34.6 Å². The van der Waals surface area contributed by atoms with Crippen LogP contribution in [0.2, 0.25) is 0 Å². The van der Waals surface area contributed by atoms with E-state index in [1.54, 1.807) is 30.3 Å². The molecule has 0 spiro atoms. The first-order valence-electron chi connectivity index (χ1n) is 6.03. The molecule has 1 heterocycles. The van der Waals surface area contributed by atoms with Gasteiger partial charge in [0.25, 0.3) is 0 Å². The smallest absolute Gasteiger partial charge is 0.200 e. The molecule has 0 aliphatic rings. The molecule has 0 aliphatic heterocycles. The molecule has 0 aliphatic carbocycles. The molecule has 3 rings (SSSR count). The third-order valence-electron chi connectivity index (χ3n) is 2.99. The number of hydrogen-bond acceptors (Lipinski definition) is 2. The van der Waals surface area contributed by atoms with Gasteiger partial charge in [0.2, 0.25) is 5.82 Å². The number of thiazole rings is 1. The van der Waals surface area contributed by atoms with Crippen molar-refractivity contribution in [1.82, 2.24) is 4.98 Å². The zero-order chi connectivity index (χ0) is 15.9. The first-order chi connectivity index (χ1) is 10.5. The topological polar surface area (TPSA) is 12.9 Å². The molecule has 1 aromatic heterocycles. The molecule has 0 fully saturated rings. The van der Waals surface area contributed by atoms with E-state index in [9.17, 15) is 22.0 Å². The molecular weight excluding hydrogens is 321 g/mol. The van der Waals surface area contributed by atoms with Gasteiger partial charge in [-0.15, -0.1) is 11.3 Å². The van der Waals surface area contributed by atoms with Gasteiger partial charge in [0.15, 0.2) is 23.3 Å². The molecule has 0 radical (unpaired) electrons. The van der Waals surface area contributed by atoms with E-state index in [0.717, 1.165) is 11.3 Å². The lowest BCUT2D eigenvalue weighted by Gasteiger charge is -2.05. The van der Waals surface area contributed by atoms with E-state index in [2.05, 4.69) is 4.98 Å². The number of aromatic nitrogens is 1. The van der Waals surface area contributed by atoms with Gasteiger partial charge in [-0.3, -0.25) is 0 Å². The highest BCUT2D eigenvalue weighted by Gasteiger charge is 2.27.